The number of aryl methyl sites for hydroxylation is 1. The molecule has 9 heteroatoms. The van der Waals surface area contributed by atoms with Crippen LogP contribution >= 0.6 is 0 Å². The van der Waals surface area contributed by atoms with Crippen molar-refractivity contribution >= 4 is 6.08 Å². The highest BCUT2D eigenvalue weighted by molar-refractivity contribution is 5.58. The van der Waals surface area contributed by atoms with Gasteiger partial charge in [0.05, 0.1) is 38.0 Å². The molecule has 5 rings (SSSR count). The van der Waals surface area contributed by atoms with E-state index in [0.29, 0.717) is 22.3 Å². The van der Waals surface area contributed by atoms with Crippen LogP contribution in [0.5, 0.6) is 5.75 Å². The molecule has 3 heterocycles. The summed E-state index contributed by atoms with van der Waals surface area (Å²) < 4.78 is 24.2. The second-order valence-corrected chi connectivity index (χ2v) is 8.40. The highest BCUT2D eigenvalue weighted by Crippen LogP contribution is 2.27. The molecular weight excluding hydrogens is 437 g/mol. The average Bonchev–Trinajstić information content (AvgIpc) is 3.51. The lowest BCUT2D eigenvalue weighted by Crippen LogP contribution is -2.48. The molecule has 8 nitrogen and oxygen atoms in total. The number of aliphatic hydroxyl groups is 1. The molecule has 1 atom stereocenters. The minimum atomic E-state index is -1.08. The van der Waals surface area contributed by atoms with Gasteiger partial charge in [-0.15, -0.1) is 0 Å². The zero-order valence-corrected chi connectivity index (χ0v) is 19.1. The molecule has 0 bridgehead atoms. The van der Waals surface area contributed by atoms with Gasteiger partial charge in [0.15, 0.2) is 0 Å². The van der Waals surface area contributed by atoms with Gasteiger partial charge < -0.3 is 19.0 Å². The largest absolute Gasteiger partial charge is 0.495 e. The molecule has 4 aromatic rings. The smallest absolute Gasteiger partial charge is 0.278 e. The molecule has 1 N–H and O–H groups in total. The van der Waals surface area contributed by atoms with Crippen molar-refractivity contribution in [3.8, 4) is 11.4 Å². The van der Waals surface area contributed by atoms with Gasteiger partial charge in [-0.05, 0) is 48.4 Å². The first-order chi connectivity index (χ1) is 16.4. The van der Waals surface area contributed by atoms with E-state index >= 15 is 0 Å². The van der Waals surface area contributed by atoms with Crippen molar-refractivity contribution < 1.29 is 14.2 Å². The van der Waals surface area contributed by atoms with Crippen molar-refractivity contribution in [2.75, 3.05) is 20.3 Å². The van der Waals surface area contributed by atoms with Crippen LogP contribution in [0.2, 0.25) is 0 Å². The molecule has 0 radical (unpaired) electrons. The third-order valence-corrected chi connectivity index (χ3v) is 6.33. The quantitative estimate of drug-likeness (QED) is 0.481. The Hall–Kier alpha value is -3.98. The van der Waals surface area contributed by atoms with E-state index in [-0.39, 0.29) is 24.5 Å². The molecule has 0 amide bonds. The second-order valence-electron chi connectivity index (χ2n) is 8.40. The molecule has 174 valence electrons. The van der Waals surface area contributed by atoms with Gasteiger partial charge in [0.2, 0.25) is 5.62 Å². The van der Waals surface area contributed by atoms with Crippen molar-refractivity contribution in [3.05, 3.63) is 98.9 Å². The van der Waals surface area contributed by atoms with Crippen LogP contribution in [0, 0.1) is 12.7 Å². The number of nitrogens with zero attached hydrogens (tertiary/aromatic N) is 5. The zero-order valence-electron chi connectivity index (χ0n) is 19.1. The second kappa shape index (κ2) is 8.11. The summed E-state index contributed by atoms with van der Waals surface area (Å²) in [6.07, 6.45) is 5.39. The van der Waals surface area contributed by atoms with Gasteiger partial charge >= 0.3 is 0 Å². The van der Waals surface area contributed by atoms with Crippen LogP contribution in [-0.4, -0.2) is 44.1 Å². The van der Waals surface area contributed by atoms with Crippen LogP contribution in [0.3, 0.4) is 0 Å². The number of rotatable bonds is 5. The summed E-state index contributed by atoms with van der Waals surface area (Å²) in [6.45, 7) is 1.77. The monoisotopic (exact) mass is 461 g/mol. The molecular formula is C25H24FN5O3. The molecule has 1 aliphatic rings. The first-order valence-corrected chi connectivity index (χ1v) is 10.8. The van der Waals surface area contributed by atoms with Gasteiger partial charge in [0.1, 0.15) is 22.5 Å². The maximum atomic E-state index is 13.6. The Balaban J connectivity index is 1.65. The van der Waals surface area contributed by atoms with Crippen molar-refractivity contribution in [3.63, 3.8) is 0 Å². The Morgan fingerprint density at radius 1 is 1.24 bits per heavy atom. The van der Waals surface area contributed by atoms with E-state index in [4.69, 9.17) is 4.74 Å². The highest BCUT2D eigenvalue weighted by atomic mass is 19.1. The van der Waals surface area contributed by atoms with E-state index in [9.17, 15) is 14.3 Å². The van der Waals surface area contributed by atoms with Gasteiger partial charge in [-0.1, -0.05) is 18.2 Å². The molecule has 2 aromatic heterocycles. The minimum Gasteiger partial charge on any atom is -0.495 e. The molecule has 2 aromatic carbocycles. The molecule has 0 aliphatic carbocycles. The summed E-state index contributed by atoms with van der Waals surface area (Å²) in [5.41, 5.74) is 2.20. The van der Waals surface area contributed by atoms with Crippen LogP contribution < -0.4 is 21.3 Å². The Bertz CT molecular complexity index is 1570. The van der Waals surface area contributed by atoms with Crippen LogP contribution in [0.15, 0.2) is 64.8 Å². The van der Waals surface area contributed by atoms with Crippen LogP contribution in [0.1, 0.15) is 16.8 Å². The summed E-state index contributed by atoms with van der Waals surface area (Å²) in [5, 5.41) is 10.8. The van der Waals surface area contributed by atoms with Crippen molar-refractivity contribution in [1.29, 1.82) is 0 Å². The van der Waals surface area contributed by atoms with Gasteiger partial charge in [0.25, 0.3) is 5.56 Å². The number of ether oxygens (including phenoxy) is 1. The van der Waals surface area contributed by atoms with Crippen molar-refractivity contribution in [1.82, 2.24) is 18.7 Å². The fourth-order valence-corrected chi connectivity index (χ4v) is 4.50. The predicted octanol–water partition coefficient (Wildman–Crippen LogP) is 1.03. The maximum Gasteiger partial charge on any atom is 0.278 e. The average molecular weight is 461 g/mol. The number of aliphatic hydroxyl groups excluding tert-OH is 1. The van der Waals surface area contributed by atoms with E-state index < -0.39 is 5.54 Å². The first kappa shape index (κ1) is 21.8. The standard InChI is InChI=1S/C25H24FN5O3/c1-16-12-30(15-28-16)20-9-4-17(11-22(20)34-3)10-21-23(33)31-24(29(21)2)27-13-25(31,14-32)18-5-7-19(26)8-6-18/h4-12,15,32H,13-14H2,1-3H3. The van der Waals surface area contributed by atoms with E-state index in [1.807, 2.05) is 35.9 Å². The molecule has 34 heavy (non-hydrogen) atoms. The summed E-state index contributed by atoms with van der Waals surface area (Å²) in [4.78, 5) is 22.4. The third-order valence-electron chi connectivity index (χ3n) is 6.33. The van der Waals surface area contributed by atoms with Crippen molar-refractivity contribution in [2.45, 2.75) is 12.5 Å². The Morgan fingerprint density at radius 2 is 2.00 bits per heavy atom. The fraction of sp³-hybridized carbons (Fsp3) is 0.240. The lowest BCUT2D eigenvalue weighted by Gasteiger charge is -2.28. The number of halogens is 1. The fourth-order valence-electron chi connectivity index (χ4n) is 4.50. The number of benzene rings is 2. The topological polar surface area (TPSA) is 86.6 Å². The maximum absolute atomic E-state index is 13.6. The Morgan fingerprint density at radius 3 is 2.65 bits per heavy atom. The lowest BCUT2D eigenvalue weighted by atomic mass is 9.91. The summed E-state index contributed by atoms with van der Waals surface area (Å²) in [5.74, 6) is 0.249. The third kappa shape index (κ3) is 3.28. The number of imidazole rings is 2. The summed E-state index contributed by atoms with van der Waals surface area (Å²) >= 11 is 0. The summed E-state index contributed by atoms with van der Waals surface area (Å²) in [6, 6.07) is 11.5. The lowest BCUT2D eigenvalue weighted by molar-refractivity contribution is 0.177. The van der Waals surface area contributed by atoms with Crippen LogP contribution in [0.4, 0.5) is 4.39 Å². The molecule has 1 unspecified atom stereocenters. The SMILES string of the molecule is COc1cc(C=c2c(=O)n3c(n2C)=NCC3(CO)c2ccc(F)cc2)ccc1-n1cnc(C)c1. The predicted molar refractivity (Wildman–Crippen MR) is 124 cm³/mol. The van der Waals surface area contributed by atoms with E-state index in [1.165, 1.54) is 16.7 Å². The van der Waals surface area contributed by atoms with E-state index in [2.05, 4.69) is 9.98 Å². The van der Waals surface area contributed by atoms with Crippen molar-refractivity contribution in [2.24, 2.45) is 12.0 Å². The molecule has 0 fully saturated rings. The Kier molecular flexibility index (Phi) is 5.21. The number of hydrogen-bond acceptors (Lipinski definition) is 5. The molecule has 1 aliphatic heterocycles. The number of fused-ring (bicyclic) bond motifs is 1. The van der Waals surface area contributed by atoms with E-state index in [1.54, 1.807) is 43.3 Å². The number of hydrogen-bond donors (Lipinski definition) is 1. The van der Waals surface area contributed by atoms with Gasteiger partial charge in [-0.25, -0.2) is 14.4 Å². The molecule has 0 saturated heterocycles. The Labute approximate surface area is 194 Å². The number of aromatic nitrogens is 4. The normalized spacial score (nSPS) is 17.6. The molecule has 0 spiro atoms. The first-order valence-electron chi connectivity index (χ1n) is 10.8. The van der Waals surface area contributed by atoms with Crippen LogP contribution in [0.25, 0.3) is 11.8 Å². The van der Waals surface area contributed by atoms with Crippen LogP contribution in [-0.2, 0) is 12.6 Å². The van der Waals surface area contributed by atoms with E-state index in [0.717, 1.165) is 16.9 Å². The van der Waals surface area contributed by atoms with Gasteiger partial charge in [0, 0.05) is 13.2 Å². The highest BCUT2D eigenvalue weighted by Gasteiger charge is 2.40. The van der Waals surface area contributed by atoms with Gasteiger partial charge in [-0.2, -0.15) is 0 Å². The zero-order chi connectivity index (χ0) is 24.0. The molecule has 0 saturated carbocycles. The van der Waals surface area contributed by atoms with Gasteiger partial charge in [-0.3, -0.25) is 9.36 Å². The summed E-state index contributed by atoms with van der Waals surface area (Å²) in [7, 11) is 3.36. The number of methoxy groups -OCH3 is 1. The minimum absolute atomic E-state index is 0.195.